The molecule has 5 N–H and O–H groups in total. The molecule has 20 heavy (non-hydrogen) atoms. The first kappa shape index (κ1) is 14.3. The summed E-state index contributed by atoms with van der Waals surface area (Å²) in [5.41, 5.74) is 6.16. The van der Waals surface area contributed by atoms with Gasteiger partial charge in [-0.1, -0.05) is 19.3 Å². The Morgan fingerprint density at radius 3 is 2.75 bits per heavy atom. The Morgan fingerprint density at radius 2 is 2.15 bits per heavy atom. The fourth-order valence-corrected chi connectivity index (χ4v) is 2.51. The van der Waals surface area contributed by atoms with Crippen LogP contribution in [-0.2, 0) is 0 Å². The van der Waals surface area contributed by atoms with Crippen LogP contribution < -0.4 is 16.4 Å². The highest BCUT2D eigenvalue weighted by atomic mass is 15.2. The van der Waals surface area contributed by atoms with Gasteiger partial charge in [-0.15, -0.1) is 0 Å². The quantitative estimate of drug-likeness (QED) is 0.488. The van der Waals surface area contributed by atoms with E-state index in [2.05, 4.69) is 27.5 Å². The van der Waals surface area contributed by atoms with Crippen LogP contribution in [0.1, 0.15) is 39.0 Å². The van der Waals surface area contributed by atoms with E-state index in [4.69, 9.17) is 11.1 Å². The molecule has 0 radical (unpaired) electrons. The van der Waals surface area contributed by atoms with Gasteiger partial charge in [0, 0.05) is 11.7 Å². The Morgan fingerprint density at radius 1 is 1.40 bits per heavy atom. The summed E-state index contributed by atoms with van der Waals surface area (Å²) in [6.45, 7) is 2.19. The van der Waals surface area contributed by atoms with E-state index < -0.39 is 0 Å². The van der Waals surface area contributed by atoms with Gasteiger partial charge in [-0.25, -0.2) is 4.99 Å². The molecule has 0 unspecified atom stereocenters. The van der Waals surface area contributed by atoms with E-state index in [0.717, 1.165) is 18.5 Å². The zero-order valence-corrected chi connectivity index (χ0v) is 11.8. The minimum absolute atomic E-state index is 0.00173. The van der Waals surface area contributed by atoms with E-state index >= 15 is 0 Å². The molecule has 1 aliphatic rings. The van der Waals surface area contributed by atoms with Gasteiger partial charge in [-0.05, 0) is 31.9 Å². The van der Waals surface area contributed by atoms with Crippen molar-refractivity contribution in [1.82, 2.24) is 15.6 Å². The molecule has 6 nitrogen and oxygen atoms in total. The lowest BCUT2D eigenvalue weighted by Crippen LogP contribution is -2.54. The molecule has 6 heteroatoms. The SMILES string of the molecule is CC1(NC(=Nc2cccnc2)NC(=N)N)CCCCC1. The lowest BCUT2D eigenvalue weighted by Gasteiger charge is -2.35. The zero-order valence-electron chi connectivity index (χ0n) is 11.8. The molecule has 108 valence electrons. The van der Waals surface area contributed by atoms with Crippen LogP contribution in [0.3, 0.4) is 0 Å². The summed E-state index contributed by atoms with van der Waals surface area (Å²) in [7, 11) is 0. The first-order valence-electron chi connectivity index (χ1n) is 6.95. The predicted molar refractivity (Wildman–Crippen MR) is 81.0 cm³/mol. The topological polar surface area (TPSA) is 99.2 Å². The number of nitrogens with two attached hydrogens (primary N) is 1. The highest BCUT2D eigenvalue weighted by molar-refractivity contribution is 5.97. The zero-order chi connectivity index (χ0) is 14.4. The molecule has 1 fully saturated rings. The smallest absolute Gasteiger partial charge is 0.203 e. The molecule has 1 saturated carbocycles. The number of hydrogen-bond donors (Lipinski definition) is 4. The Hall–Kier alpha value is -2.11. The number of nitrogens with zero attached hydrogens (tertiary/aromatic N) is 2. The molecule has 1 heterocycles. The molecule has 0 spiro atoms. The first-order valence-corrected chi connectivity index (χ1v) is 6.95. The molecule has 0 atom stereocenters. The third kappa shape index (κ3) is 4.22. The van der Waals surface area contributed by atoms with E-state index in [1.54, 1.807) is 12.4 Å². The second-order valence-electron chi connectivity index (χ2n) is 5.46. The molecule has 0 amide bonds. The van der Waals surface area contributed by atoms with Gasteiger partial charge in [0.25, 0.3) is 0 Å². The van der Waals surface area contributed by atoms with Crippen molar-refractivity contribution in [3.8, 4) is 0 Å². The maximum absolute atomic E-state index is 7.40. The van der Waals surface area contributed by atoms with Gasteiger partial charge in [0.15, 0.2) is 5.96 Å². The number of pyridine rings is 1. The van der Waals surface area contributed by atoms with Crippen LogP contribution >= 0.6 is 0 Å². The minimum atomic E-state index is -0.125. The van der Waals surface area contributed by atoms with Gasteiger partial charge in [-0.3, -0.25) is 15.7 Å². The molecule has 0 aromatic carbocycles. The lowest BCUT2D eigenvalue weighted by molar-refractivity contribution is 0.289. The third-order valence-corrected chi connectivity index (χ3v) is 3.52. The van der Waals surface area contributed by atoms with Crippen LogP contribution in [0.5, 0.6) is 0 Å². The standard InChI is InChI=1S/C14H22N6/c1-14(7-3-2-4-8-14)20-13(19-12(15)16)18-11-6-5-9-17-10-11/h5-6,9-10H,2-4,7-8H2,1H3,(H5,15,16,18,19,20). The summed E-state index contributed by atoms with van der Waals surface area (Å²) in [6.07, 6.45) is 9.27. The van der Waals surface area contributed by atoms with Crippen LogP contribution in [0, 0.1) is 5.41 Å². The van der Waals surface area contributed by atoms with Crippen LogP contribution in [0.15, 0.2) is 29.5 Å². The Labute approximate surface area is 119 Å². The number of aliphatic imine (C=N–C) groups is 1. The number of rotatable bonds is 2. The average Bonchev–Trinajstić information content (AvgIpc) is 2.39. The summed E-state index contributed by atoms with van der Waals surface area (Å²) in [4.78, 5) is 8.48. The highest BCUT2D eigenvalue weighted by Crippen LogP contribution is 2.27. The molecular weight excluding hydrogens is 252 g/mol. The van der Waals surface area contributed by atoms with Crippen molar-refractivity contribution >= 4 is 17.6 Å². The summed E-state index contributed by atoms with van der Waals surface area (Å²) in [6, 6.07) is 3.69. The van der Waals surface area contributed by atoms with Gasteiger partial charge in [0.1, 0.15) is 0 Å². The first-order chi connectivity index (χ1) is 9.57. The maximum atomic E-state index is 7.40. The second kappa shape index (κ2) is 6.36. The van der Waals surface area contributed by atoms with Gasteiger partial charge in [-0.2, -0.15) is 0 Å². The Balaban J connectivity index is 2.15. The summed E-state index contributed by atoms with van der Waals surface area (Å²) < 4.78 is 0. The second-order valence-corrected chi connectivity index (χ2v) is 5.46. The van der Waals surface area contributed by atoms with Crippen molar-refractivity contribution < 1.29 is 0 Å². The fourth-order valence-electron chi connectivity index (χ4n) is 2.51. The summed E-state index contributed by atoms with van der Waals surface area (Å²) in [5, 5.41) is 13.6. The van der Waals surface area contributed by atoms with E-state index in [1.807, 2.05) is 12.1 Å². The number of nitrogens with one attached hydrogen (secondary N) is 3. The lowest BCUT2D eigenvalue weighted by atomic mass is 9.83. The van der Waals surface area contributed by atoms with Crippen LogP contribution in [-0.4, -0.2) is 22.4 Å². The molecule has 2 rings (SSSR count). The molecular formula is C14H22N6. The molecule has 1 aliphatic carbocycles. The fraction of sp³-hybridized carbons (Fsp3) is 0.500. The van der Waals surface area contributed by atoms with E-state index in [0.29, 0.717) is 5.96 Å². The van der Waals surface area contributed by atoms with E-state index in [1.165, 1.54) is 19.3 Å². The van der Waals surface area contributed by atoms with Crippen LogP contribution in [0.4, 0.5) is 5.69 Å². The highest BCUT2D eigenvalue weighted by Gasteiger charge is 2.27. The van der Waals surface area contributed by atoms with E-state index in [9.17, 15) is 0 Å². The Kier molecular flexibility index (Phi) is 4.55. The van der Waals surface area contributed by atoms with Crippen molar-refractivity contribution in [3.63, 3.8) is 0 Å². The van der Waals surface area contributed by atoms with Crippen molar-refractivity contribution in [3.05, 3.63) is 24.5 Å². The van der Waals surface area contributed by atoms with Crippen molar-refractivity contribution in [2.75, 3.05) is 0 Å². The van der Waals surface area contributed by atoms with Crippen LogP contribution in [0.2, 0.25) is 0 Å². The summed E-state index contributed by atoms with van der Waals surface area (Å²) in [5.74, 6) is 0.384. The summed E-state index contributed by atoms with van der Waals surface area (Å²) >= 11 is 0. The van der Waals surface area contributed by atoms with Crippen molar-refractivity contribution in [2.24, 2.45) is 10.7 Å². The monoisotopic (exact) mass is 274 g/mol. The van der Waals surface area contributed by atoms with Crippen LogP contribution in [0.25, 0.3) is 0 Å². The van der Waals surface area contributed by atoms with Crippen molar-refractivity contribution in [1.29, 1.82) is 5.41 Å². The number of aromatic nitrogens is 1. The predicted octanol–water partition coefficient (Wildman–Crippen LogP) is 1.86. The largest absolute Gasteiger partial charge is 0.370 e. The molecule has 0 bridgehead atoms. The minimum Gasteiger partial charge on any atom is -0.370 e. The van der Waals surface area contributed by atoms with E-state index in [-0.39, 0.29) is 11.5 Å². The normalized spacial score (nSPS) is 18.4. The molecule has 0 saturated heterocycles. The van der Waals surface area contributed by atoms with Gasteiger partial charge >= 0.3 is 0 Å². The van der Waals surface area contributed by atoms with Gasteiger partial charge in [0.05, 0.1) is 11.9 Å². The third-order valence-electron chi connectivity index (χ3n) is 3.52. The molecule has 1 aromatic rings. The van der Waals surface area contributed by atoms with Gasteiger partial charge in [0.2, 0.25) is 5.96 Å². The van der Waals surface area contributed by atoms with Gasteiger partial charge < -0.3 is 11.1 Å². The maximum Gasteiger partial charge on any atom is 0.203 e. The number of guanidine groups is 2. The molecule has 1 aromatic heterocycles. The van der Waals surface area contributed by atoms with Crippen molar-refractivity contribution in [2.45, 2.75) is 44.6 Å². The molecule has 0 aliphatic heterocycles. The average molecular weight is 274 g/mol. The number of hydrogen-bond acceptors (Lipinski definition) is 3. The Bertz CT molecular complexity index is 476.